The van der Waals surface area contributed by atoms with Gasteiger partial charge in [0.2, 0.25) is 0 Å². The van der Waals surface area contributed by atoms with E-state index >= 15 is 0 Å². The number of urea groups is 1. The molecule has 1 saturated heterocycles. The van der Waals surface area contributed by atoms with Gasteiger partial charge in [0, 0.05) is 45.0 Å². The SMILES string of the molecule is CN(C)c1ccc(C(CNC(=O)NC(C)(C)C)N2CCOCC2)cc1. The molecule has 1 aliphatic rings. The van der Waals surface area contributed by atoms with Gasteiger partial charge in [-0.25, -0.2) is 4.79 Å². The standard InChI is InChI=1S/C19H32N4O2/c1-19(2,3)21-18(24)20-14-17(23-10-12-25-13-11-23)15-6-8-16(9-7-15)22(4)5/h6-9,17H,10-14H2,1-5H3,(H2,20,21,24). The summed E-state index contributed by atoms with van der Waals surface area (Å²) in [4.78, 5) is 16.6. The zero-order valence-electron chi connectivity index (χ0n) is 16.1. The van der Waals surface area contributed by atoms with Crippen molar-refractivity contribution in [1.29, 1.82) is 0 Å². The van der Waals surface area contributed by atoms with Crippen LogP contribution in [-0.4, -0.2) is 63.4 Å². The molecule has 0 saturated carbocycles. The second-order valence-corrected chi connectivity index (χ2v) is 7.74. The minimum atomic E-state index is -0.244. The predicted octanol–water partition coefficient (Wildman–Crippen LogP) is 2.22. The number of ether oxygens (including phenoxy) is 1. The van der Waals surface area contributed by atoms with Crippen LogP contribution < -0.4 is 15.5 Å². The van der Waals surface area contributed by atoms with Gasteiger partial charge < -0.3 is 20.3 Å². The van der Waals surface area contributed by atoms with Crippen LogP contribution in [0.1, 0.15) is 32.4 Å². The molecule has 1 atom stereocenters. The molecule has 2 amide bonds. The van der Waals surface area contributed by atoms with E-state index in [1.54, 1.807) is 0 Å². The van der Waals surface area contributed by atoms with Crippen molar-refractivity contribution in [2.75, 3.05) is 51.8 Å². The van der Waals surface area contributed by atoms with Gasteiger partial charge in [-0.3, -0.25) is 4.90 Å². The summed E-state index contributed by atoms with van der Waals surface area (Å²) in [5.41, 5.74) is 2.14. The summed E-state index contributed by atoms with van der Waals surface area (Å²) < 4.78 is 5.48. The molecule has 1 aromatic rings. The number of rotatable bonds is 5. The minimum absolute atomic E-state index is 0.129. The maximum atomic E-state index is 12.1. The molecule has 0 bridgehead atoms. The Morgan fingerprint density at radius 1 is 1.20 bits per heavy atom. The topological polar surface area (TPSA) is 56.8 Å². The molecule has 1 heterocycles. The highest BCUT2D eigenvalue weighted by Crippen LogP contribution is 2.23. The van der Waals surface area contributed by atoms with Crippen molar-refractivity contribution < 1.29 is 9.53 Å². The highest BCUT2D eigenvalue weighted by atomic mass is 16.5. The number of morpholine rings is 1. The number of anilines is 1. The van der Waals surface area contributed by atoms with Gasteiger partial charge in [-0.1, -0.05) is 12.1 Å². The van der Waals surface area contributed by atoms with E-state index in [1.165, 1.54) is 11.3 Å². The molecule has 1 fully saturated rings. The Morgan fingerprint density at radius 2 is 1.80 bits per heavy atom. The monoisotopic (exact) mass is 348 g/mol. The third-order valence-corrected chi connectivity index (χ3v) is 4.23. The van der Waals surface area contributed by atoms with Crippen molar-refractivity contribution in [3.8, 4) is 0 Å². The van der Waals surface area contributed by atoms with Crippen molar-refractivity contribution in [2.45, 2.75) is 32.4 Å². The normalized spacial score (nSPS) is 17.0. The second-order valence-electron chi connectivity index (χ2n) is 7.74. The smallest absolute Gasteiger partial charge is 0.315 e. The first-order valence-corrected chi connectivity index (χ1v) is 8.91. The Hall–Kier alpha value is -1.79. The van der Waals surface area contributed by atoms with Gasteiger partial charge in [0.25, 0.3) is 0 Å². The van der Waals surface area contributed by atoms with Crippen LogP contribution >= 0.6 is 0 Å². The molecule has 0 radical (unpaired) electrons. The van der Waals surface area contributed by atoms with E-state index in [0.29, 0.717) is 6.54 Å². The van der Waals surface area contributed by atoms with Gasteiger partial charge in [-0.2, -0.15) is 0 Å². The average Bonchev–Trinajstić information content (AvgIpc) is 2.55. The van der Waals surface area contributed by atoms with Crippen molar-refractivity contribution in [1.82, 2.24) is 15.5 Å². The molecule has 2 rings (SSSR count). The molecule has 140 valence electrons. The van der Waals surface area contributed by atoms with Crippen molar-refractivity contribution in [3.63, 3.8) is 0 Å². The van der Waals surface area contributed by atoms with Gasteiger partial charge in [0.15, 0.2) is 0 Å². The zero-order valence-corrected chi connectivity index (χ0v) is 16.1. The largest absolute Gasteiger partial charge is 0.379 e. The number of benzene rings is 1. The summed E-state index contributed by atoms with van der Waals surface area (Å²) in [6.07, 6.45) is 0. The molecule has 6 nitrogen and oxygen atoms in total. The Labute approximate surface area is 151 Å². The molecule has 2 N–H and O–H groups in total. The van der Waals surface area contributed by atoms with Gasteiger partial charge >= 0.3 is 6.03 Å². The Kier molecular flexibility index (Phi) is 6.67. The lowest BCUT2D eigenvalue weighted by Gasteiger charge is -2.35. The van der Waals surface area contributed by atoms with E-state index in [2.05, 4.69) is 44.7 Å². The molecule has 0 spiro atoms. The van der Waals surface area contributed by atoms with E-state index in [0.717, 1.165) is 26.3 Å². The van der Waals surface area contributed by atoms with E-state index in [9.17, 15) is 4.79 Å². The summed E-state index contributed by atoms with van der Waals surface area (Å²) in [6, 6.07) is 8.56. The summed E-state index contributed by atoms with van der Waals surface area (Å²) in [7, 11) is 4.07. The van der Waals surface area contributed by atoms with Gasteiger partial charge in [0.05, 0.1) is 19.3 Å². The van der Waals surface area contributed by atoms with Gasteiger partial charge in [-0.05, 0) is 38.5 Å². The fourth-order valence-electron chi connectivity index (χ4n) is 2.92. The predicted molar refractivity (Wildman–Crippen MR) is 102 cm³/mol. The molecule has 25 heavy (non-hydrogen) atoms. The molecular formula is C19H32N4O2. The fourth-order valence-corrected chi connectivity index (χ4v) is 2.92. The number of hydrogen-bond donors (Lipinski definition) is 2. The third kappa shape index (κ3) is 6.21. The minimum Gasteiger partial charge on any atom is -0.379 e. The van der Waals surface area contributed by atoms with Crippen LogP contribution in [0.15, 0.2) is 24.3 Å². The van der Waals surface area contributed by atoms with Crippen LogP contribution in [0.3, 0.4) is 0 Å². The maximum Gasteiger partial charge on any atom is 0.315 e. The van der Waals surface area contributed by atoms with Crippen molar-refractivity contribution in [3.05, 3.63) is 29.8 Å². The maximum absolute atomic E-state index is 12.1. The Balaban J connectivity index is 2.08. The number of carbonyl (C=O) groups is 1. The zero-order chi connectivity index (χ0) is 18.4. The van der Waals surface area contributed by atoms with E-state index < -0.39 is 0 Å². The first kappa shape index (κ1) is 19.5. The van der Waals surface area contributed by atoms with Crippen LogP contribution in [0.4, 0.5) is 10.5 Å². The van der Waals surface area contributed by atoms with Crippen molar-refractivity contribution in [2.24, 2.45) is 0 Å². The summed E-state index contributed by atoms with van der Waals surface area (Å²) in [5, 5.41) is 5.98. The van der Waals surface area contributed by atoms with E-state index in [-0.39, 0.29) is 17.6 Å². The van der Waals surface area contributed by atoms with E-state index in [4.69, 9.17) is 4.74 Å². The molecule has 0 aliphatic carbocycles. The molecule has 1 aliphatic heterocycles. The lowest BCUT2D eigenvalue weighted by Crippen LogP contribution is -2.49. The number of carbonyl (C=O) groups excluding carboxylic acids is 1. The third-order valence-electron chi connectivity index (χ3n) is 4.23. The highest BCUT2D eigenvalue weighted by molar-refractivity contribution is 5.74. The number of nitrogens with one attached hydrogen (secondary N) is 2. The number of amides is 2. The lowest BCUT2D eigenvalue weighted by atomic mass is 10.0. The molecule has 0 aromatic heterocycles. The van der Waals surface area contributed by atoms with E-state index in [1.807, 2.05) is 34.9 Å². The summed E-state index contributed by atoms with van der Waals surface area (Å²) in [5.74, 6) is 0. The molecule has 1 unspecified atom stereocenters. The van der Waals surface area contributed by atoms with Crippen LogP contribution in [0.2, 0.25) is 0 Å². The van der Waals surface area contributed by atoms with Crippen molar-refractivity contribution >= 4 is 11.7 Å². The van der Waals surface area contributed by atoms with Gasteiger partial charge in [-0.15, -0.1) is 0 Å². The summed E-state index contributed by atoms with van der Waals surface area (Å²) in [6.45, 7) is 9.74. The highest BCUT2D eigenvalue weighted by Gasteiger charge is 2.24. The second kappa shape index (κ2) is 8.54. The molecular weight excluding hydrogens is 316 g/mol. The summed E-state index contributed by atoms with van der Waals surface area (Å²) >= 11 is 0. The fraction of sp³-hybridized carbons (Fsp3) is 0.632. The molecule has 6 heteroatoms. The average molecular weight is 348 g/mol. The number of nitrogens with zero attached hydrogens (tertiary/aromatic N) is 2. The first-order valence-electron chi connectivity index (χ1n) is 8.91. The van der Waals surface area contributed by atoms with Crippen LogP contribution in [0, 0.1) is 0 Å². The van der Waals surface area contributed by atoms with Crippen LogP contribution in [-0.2, 0) is 4.74 Å². The lowest BCUT2D eigenvalue weighted by molar-refractivity contribution is 0.0167. The Morgan fingerprint density at radius 3 is 2.32 bits per heavy atom. The number of hydrogen-bond acceptors (Lipinski definition) is 4. The first-order chi connectivity index (χ1) is 11.8. The quantitative estimate of drug-likeness (QED) is 0.857. The molecule has 1 aromatic carbocycles. The van der Waals surface area contributed by atoms with Gasteiger partial charge in [0.1, 0.15) is 0 Å². The van der Waals surface area contributed by atoms with Crippen LogP contribution in [0.25, 0.3) is 0 Å². The van der Waals surface area contributed by atoms with Crippen LogP contribution in [0.5, 0.6) is 0 Å². The Bertz CT molecular complexity index is 546.